The Hall–Kier alpha value is -2.04. The third-order valence-corrected chi connectivity index (χ3v) is 3.63. The van der Waals surface area contributed by atoms with Crippen LogP contribution in [0.25, 0.3) is 0 Å². The van der Waals surface area contributed by atoms with E-state index in [1.807, 2.05) is 0 Å². The quantitative estimate of drug-likeness (QED) is 0.780. The maximum absolute atomic E-state index is 11.7. The third kappa shape index (κ3) is 3.24. The van der Waals surface area contributed by atoms with Gasteiger partial charge in [0.25, 0.3) is 0 Å². The van der Waals surface area contributed by atoms with E-state index in [1.54, 1.807) is 18.2 Å². The van der Waals surface area contributed by atoms with Gasteiger partial charge in [0, 0.05) is 6.54 Å². The fourth-order valence-electron chi connectivity index (χ4n) is 2.09. The summed E-state index contributed by atoms with van der Waals surface area (Å²) in [6.45, 7) is 4.95. The molecule has 1 aromatic rings. The molecule has 1 aliphatic carbocycles. The first kappa shape index (κ1) is 13.4. The van der Waals surface area contributed by atoms with E-state index in [0.717, 1.165) is 6.42 Å². The molecule has 0 aromatic heterocycles. The molecule has 1 aliphatic rings. The Morgan fingerprint density at radius 1 is 1.37 bits per heavy atom. The van der Waals surface area contributed by atoms with Crippen molar-refractivity contribution >= 4 is 17.7 Å². The molecule has 1 fully saturated rings. The lowest BCUT2D eigenvalue weighted by molar-refractivity contribution is 0.0698. The normalized spacial score (nSPS) is 19.6. The van der Waals surface area contributed by atoms with E-state index < -0.39 is 5.97 Å². The summed E-state index contributed by atoms with van der Waals surface area (Å²) in [4.78, 5) is 22.7. The van der Waals surface area contributed by atoms with Gasteiger partial charge in [-0.1, -0.05) is 26.0 Å². The number of aromatic carboxylic acids is 1. The largest absolute Gasteiger partial charge is 0.478 e. The number of carboxylic acids is 1. The summed E-state index contributed by atoms with van der Waals surface area (Å²) in [5, 5.41) is 14.3. The summed E-state index contributed by atoms with van der Waals surface area (Å²) in [7, 11) is 0. The second-order valence-corrected chi connectivity index (χ2v) is 5.58. The van der Waals surface area contributed by atoms with Crippen molar-refractivity contribution in [2.75, 3.05) is 11.9 Å². The zero-order valence-electron chi connectivity index (χ0n) is 11.1. The van der Waals surface area contributed by atoms with Gasteiger partial charge in [0.05, 0.1) is 11.3 Å². The standard InChI is InChI=1S/C14H18N2O3/c1-14(2)7-9(14)8-15-13(19)16-11-6-4-3-5-10(11)12(17)18/h3-6,9H,7-8H2,1-2H3,(H,17,18)(H2,15,16,19). The van der Waals surface area contributed by atoms with Gasteiger partial charge in [-0.05, 0) is 29.9 Å². The Bertz CT molecular complexity index is 511. The average molecular weight is 262 g/mol. The topological polar surface area (TPSA) is 78.4 Å². The molecule has 0 radical (unpaired) electrons. The maximum atomic E-state index is 11.7. The number of para-hydroxylation sites is 1. The second kappa shape index (κ2) is 4.91. The van der Waals surface area contributed by atoms with Crippen LogP contribution in [0.2, 0.25) is 0 Å². The van der Waals surface area contributed by atoms with E-state index in [4.69, 9.17) is 5.11 Å². The van der Waals surface area contributed by atoms with Crippen LogP contribution in [0.3, 0.4) is 0 Å². The molecule has 0 bridgehead atoms. The molecule has 1 unspecified atom stereocenters. The van der Waals surface area contributed by atoms with E-state index in [0.29, 0.717) is 23.6 Å². The maximum Gasteiger partial charge on any atom is 0.337 e. The Labute approximate surface area is 112 Å². The molecule has 1 atom stereocenters. The van der Waals surface area contributed by atoms with Gasteiger partial charge in [0.1, 0.15) is 0 Å². The van der Waals surface area contributed by atoms with Crippen LogP contribution in [0, 0.1) is 11.3 Å². The summed E-state index contributed by atoms with van der Waals surface area (Å²) in [6, 6.07) is 5.98. The third-order valence-electron chi connectivity index (χ3n) is 3.63. The SMILES string of the molecule is CC1(C)CC1CNC(=O)Nc1ccccc1C(=O)O. The number of benzene rings is 1. The van der Waals surface area contributed by atoms with Gasteiger partial charge in [-0.15, -0.1) is 0 Å². The minimum Gasteiger partial charge on any atom is -0.478 e. The molecule has 0 spiro atoms. The summed E-state index contributed by atoms with van der Waals surface area (Å²) in [5.74, 6) is -0.549. The summed E-state index contributed by atoms with van der Waals surface area (Å²) >= 11 is 0. The molecule has 5 nitrogen and oxygen atoms in total. The van der Waals surface area contributed by atoms with Crippen LogP contribution in [0.1, 0.15) is 30.6 Å². The Morgan fingerprint density at radius 3 is 2.58 bits per heavy atom. The molecule has 19 heavy (non-hydrogen) atoms. The van der Waals surface area contributed by atoms with Crippen molar-refractivity contribution in [2.45, 2.75) is 20.3 Å². The van der Waals surface area contributed by atoms with Gasteiger partial charge in [0.2, 0.25) is 0 Å². The highest BCUT2D eigenvalue weighted by atomic mass is 16.4. The molecule has 0 saturated heterocycles. The number of amides is 2. The van der Waals surface area contributed by atoms with Gasteiger partial charge in [-0.3, -0.25) is 0 Å². The summed E-state index contributed by atoms with van der Waals surface area (Å²) < 4.78 is 0. The van der Waals surface area contributed by atoms with Gasteiger partial charge in [0.15, 0.2) is 0 Å². The van der Waals surface area contributed by atoms with Crippen molar-refractivity contribution in [1.29, 1.82) is 0 Å². The minimum atomic E-state index is -1.06. The molecule has 102 valence electrons. The van der Waals surface area contributed by atoms with Crippen molar-refractivity contribution in [2.24, 2.45) is 11.3 Å². The predicted molar refractivity (Wildman–Crippen MR) is 72.3 cm³/mol. The molecular formula is C14H18N2O3. The first-order valence-electron chi connectivity index (χ1n) is 6.27. The van der Waals surface area contributed by atoms with Crippen LogP contribution in [0.15, 0.2) is 24.3 Å². The van der Waals surface area contributed by atoms with Gasteiger partial charge in [-0.25, -0.2) is 9.59 Å². The number of hydrogen-bond donors (Lipinski definition) is 3. The van der Waals surface area contributed by atoms with E-state index in [2.05, 4.69) is 24.5 Å². The molecule has 3 N–H and O–H groups in total. The number of urea groups is 1. The van der Waals surface area contributed by atoms with Gasteiger partial charge >= 0.3 is 12.0 Å². The molecule has 0 aliphatic heterocycles. The second-order valence-electron chi connectivity index (χ2n) is 5.58. The summed E-state index contributed by atoms with van der Waals surface area (Å²) in [5.41, 5.74) is 0.707. The predicted octanol–water partition coefficient (Wildman–Crippen LogP) is 2.55. The fourth-order valence-corrected chi connectivity index (χ4v) is 2.09. The summed E-state index contributed by atoms with van der Waals surface area (Å²) in [6.07, 6.45) is 1.11. The van der Waals surface area contributed by atoms with Crippen molar-refractivity contribution in [3.8, 4) is 0 Å². The lowest BCUT2D eigenvalue weighted by Gasteiger charge is -2.10. The number of hydrogen-bond acceptors (Lipinski definition) is 2. The van der Waals surface area contributed by atoms with Crippen molar-refractivity contribution in [3.63, 3.8) is 0 Å². The fraction of sp³-hybridized carbons (Fsp3) is 0.429. The van der Waals surface area contributed by atoms with Gasteiger partial charge in [-0.2, -0.15) is 0 Å². The molecule has 1 aromatic carbocycles. The van der Waals surface area contributed by atoms with Crippen LogP contribution in [0.4, 0.5) is 10.5 Å². The Kier molecular flexibility index (Phi) is 3.46. The molecule has 0 heterocycles. The van der Waals surface area contributed by atoms with Gasteiger partial charge < -0.3 is 15.7 Å². The van der Waals surface area contributed by atoms with Crippen LogP contribution < -0.4 is 10.6 Å². The van der Waals surface area contributed by atoms with Crippen molar-refractivity contribution < 1.29 is 14.7 Å². The molecule has 5 heteroatoms. The van der Waals surface area contributed by atoms with Crippen LogP contribution in [0.5, 0.6) is 0 Å². The first-order valence-corrected chi connectivity index (χ1v) is 6.27. The van der Waals surface area contributed by atoms with Crippen LogP contribution in [-0.4, -0.2) is 23.7 Å². The molecule has 2 rings (SSSR count). The first-order chi connectivity index (χ1) is 8.90. The molecule has 1 saturated carbocycles. The molecular weight excluding hydrogens is 244 g/mol. The highest BCUT2D eigenvalue weighted by Crippen LogP contribution is 2.50. The number of nitrogens with one attached hydrogen (secondary N) is 2. The Balaban J connectivity index is 1.90. The number of anilines is 1. The highest BCUT2D eigenvalue weighted by Gasteiger charge is 2.45. The highest BCUT2D eigenvalue weighted by molar-refractivity contribution is 5.99. The number of rotatable bonds is 4. The number of carboxylic acid groups (broad SMARTS) is 1. The lowest BCUT2D eigenvalue weighted by atomic mass is 10.1. The van der Waals surface area contributed by atoms with Crippen LogP contribution in [-0.2, 0) is 0 Å². The molecule has 2 amide bonds. The Morgan fingerprint density at radius 2 is 2.00 bits per heavy atom. The number of carbonyl (C=O) groups excluding carboxylic acids is 1. The van der Waals surface area contributed by atoms with E-state index in [1.165, 1.54) is 6.07 Å². The van der Waals surface area contributed by atoms with E-state index in [-0.39, 0.29) is 11.6 Å². The minimum absolute atomic E-state index is 0.0874. The van der Waals surface area contributed by atoms with E-state index >= 15 is 0 Å². The lowest BCUT2D eigenvalue weighted by Crippen LogP contribution is -2.31. The van der Waals surface area contributed by atoms with Crippen LogP contribution >= 0.6 is 0 Å². The average Bonchev–Trinajstić information content (AvgIpc) is 2.95. The van der Waals surface area contributed by atoms with Crippen molar-refractivity contribution in [3.05, 3.63) is 29.8 Å². The monoisotopic (exact) mass is 262 g/mol. The van der Waals surface area contributed by atoms with Crippen molar-refractivity contribution in [1.82, 2.24) is 5.32 Å². The van der Waals surface area contributed by atoms with E-state index in [9.17, 15) is 9.59 Å². The smallest absolute Gasteiger partial charge is 0.337 e. The zero-order valence-corrected chi connectivity index (χ0v) is 11.1. The number of carbonyl (C=O) groups is 2. The zero-order chi connectivity index (χ0) is 14.0.